The monoisotopic (exact) mass is 254 g/mol. The summed E-state index contributed by atoms with van der Waals surface area (Å²) < 4.78 is 11.4. The molecule has 0 aliphatic carbocycles. The van der Waals surface area contributed by atoms with Crippen LogP contribution in [0.5, 0.6) is 0 Å². The van der Waals surface area contributed by atoms with Gasteiger partial charge in [0.2, 0.25) is 0 Å². The minimum Gasteiger partial charge on any atom is -0.451 e. The molecular formula is C12H18N2O4. The molecule has 0 fully saturated rings. The van der Waals surface area contributed by atoms with Crippen molar-refractivity contribution < 1.29 is 19.1 Å². The van der Waals surface area contributed by atoms with Gasteiger partial charge < -0.3 is 19.4 Å². The van der Waals surface area contributed by atoms with Gasteiger partial charge in [0.1, 0.15) is 5.69 Å². The fourth-order valence-corrected chi connectivity index (χ4v) is 1.49. The Labute approximate surface area is 106 Å². The maximum Gasteiger partial charge on any atom is 0.355 e. The number of ether oxygens (including phenoxy) is 2. The van der Waals surface area contributed by atoms with Crippen molar-refractivity contribution in [2.75, 3.05) is 20.3 Å². The molecule has 18 heavy (non-hydrogen) atoms. The van der Waals surface area contributed by atoms with Gasteiger partial charge in [-0.15, -0.1) is 0 Å². The number of carbonyl (C=O) groups is 2. The number of nitrogens with one attached hydrogen (secondary N) is 1. The van der Waals surface area contributed by atoms with E-state index in [0.717, 1.165) is 0 Å². The van der Waals surface area contributed by atoms with E-state index in [4.69, 9.17) is 9.47 Å². The Bertz CT molecular complexity index is 414. The highest BCUT2D eigenvalue weighted by atomic mass is 16.5. The second kappa shape index (κ2) is 6.80. The van der Waals surface area contributed by atoms with Gasteiger partial charge >= 0.3 is 5.97 Å². The number of rotatable bonds is 6. The third kappa shape index (κ3) is 4.21. The van der Waals surface area contributed by atoms with Crippen molar-refractivity contribution in [2.24, 2.45) is 7.05 Å². The number of aryl methyl sites for hydroxylation is 1. The number of carbonyl (C=O) groups excluding carboxylic acids is 2. The molecule has 1 atom stereocenters. The van der Waals surface area contributed by atoms with Crippen LogP contribution in [-0.2, 0) is 21.3 Å². The van der Waals surface area contributed by atoms with Crippen molar-refractivity contribution in [3.8, 4) is 0 Å². The molecule has 1 amide bonds. The second-order valence-corrected chi connectivity index (χ2v) is 4.00. The largest absolute Gasteiger partial charge is 0.451 e. The number of nitrogens with zero attached hydrogens (tertiary/aromatic N) is 1. The summed E-state index contributed by atoms with van der Waals surface area (Å²) in [6.45, 7) is 1.93. The summed E-state index contributed by atoms with van der Waals surface area (Å²) in [6.07, 6.45) is 1.73. The van der Waals surface area contributed by atoms with E-state index in [1.807, 2.05) is 0 Å². The molecule has 0 spiro atoms. The first kappa shape index (κ1) is 14.2. The van der Waals surface area contributed by atoms with Crippen LogP contribution >= 0.6 is 0 Å². The van der Waals surface area contributed by atoms with Crippen LogP contribution in [0.4, 0.5) is 0 Å². The lowest BCUT2D eigenvalue weighted by Gasteiger charge is -2.12. The minimum absolute atomic E-state index is 0.115. The summed E-state index contributed by atoms with van der Waals surface area (Å²) in [5, 5.41) is 2.65. The van der Waals surface area contributed by atoms with Gasteiger partial charge in [0.15, 0.2) is 6.61 Å². The predicted molar refractivity (Wildman–Crippen MR) is 65.2 cm³/mol. The van der Waals surface area contributed by atoms with E-state index in [1.165, 1.54) is 0 Å². The standard InChI is InChI=1S/C12H18N2O4/c1-9(7-17-3)13-11(15)8-18-12(16)10-5-4-6-14(10)2/h4-6,9H,7-8H2,1-3H3,(H,13,15). The van der Waals surface area contributed by atoms with Gasteiger partial charge in [-0.2, -0.15) is 0 Å². The molecule has 0 aliphatic rings. The zero-order valence-corrected chi connectivity index (χ0v) is 10.8. The molecule has 0 aromatic carbocycles. The van der Waals surface area contributed by atoms with Crippen LogP contribution < -0.4 is 5.32 Å². The highest BCUT2D eigenvalue weighted by Gasteiger charge is 2.13. The van der Waals surface area contributed by atoms with E-state index in [0.29, 0.717) is 12.3 Å². The van der Waals surface area contributed by atoms with Crippen LogP contribution in [0.1, 0.15) is 17.4 Å². The number of hydrogen-bond donors (Lipinski definition) is 1. The third-order valence-electron chi connectivity index (χ3n) is 2.31. The maximum absolute atomic E-state index is 11.6. The average molecular weight is 254 g/mol. The Morgan fingerprint density at radius 2 is 2.22 bits per heavy atom. The van der Waals surface area contributed by atoms with Gasteiger partial charge in [0.05, 0.1) is 6.61 Å². The molecule has 0 aliphatic heterocycles. The third-order valence-corrected chi connectivity index (χ3v) is 2.31. The van der Waals surface area contributed by atoms with E-state index in [9.17, 15) is 9.59 Å². The zero-order valence-electron chi connectivity index (χ0n) is 10.8. The fourth-order valence-electron chi connectivity index (χ4n) is 1.49. The Morgan fingerprint density at radius 1 is 1.50 bits per heavy atom. The van der Waals surface area contributed by atoms with E-state index in [-0.39, 0.29) is 18.6 Å². The number of aromatic nitrogens is 1. The molecule has 0 radical (unpaired) electrons. The Morgan fingerprint density at radius 3 is 2.78 bits per heavy atom. The molecule has 1 heterocycles. The Kier molecular flexibility index (Phi) is 5.38. The molecule has 0 saturated carbocycles. The topological polar surface area (TPSA) is 69.6 Å². The van der Waals surface area contributed by atoms with Gasteiger partial charge in [-0.3, -0.25) is 4.79 Å². The van der Waals surface area contributed by atoms with Crippen LogP contribution in [0.2, 0.25) is 0 Å². The summed E-state index contributed by atoms with van der Waals surface area (Å²) in [4.78, 5) is 23.0. The molecule has 1 aromatic heterocycles. The summed E-state index contributed by atoms with van der Waals surface area (Å²) in [6, 6.07) is 3.25. The normalized spacial score (nSPS) is 11.9. The summed E-state index contributed by atoms with van der Waals surface area (Å²) >= 11 is 0. The van der Waals surface area contributed by atoms with Gasteiger partial charge in [-0.1, -0.05) is 0 Å². The van der Waals surface area contributed by atoms with E-state index in [1.54, 1.807) is 44.0 Å². The molecular weight excluding hydrogens is 236 g/mol. The predicted octanol–water partition coefficient (Wildman–Crippen LogP) is 0.333. The summed E-state index contributed by atoms with van der Waals surface area (Å²) in [5.74, 6) is -0.862. The van der Waals surface area contributed by atoms with E-state index in [2.05, 4.69) is 5.32 Å². The molecule has 1 N–H and O–H groups in total. The molecule has 6 heteroatoms. The van der Waals surface area contributed by atoms with Crippen molar-refractivity contribution in [1.82, 2.24) is 9.88 Å². The van der Waals surface area contributed by atoms with Crippen LogP contribution in [0.15, 0.2) is 18.3 Å². The van der Waals surface area contributed by atoms with Gasteiger partial charge in [-0.05, 0) is 19.1 Å². The first-order valence-electron chi connectivity index (χ1n) is 5.61. The molecule has 0 saturated heterocycles. The van der Waals surface area contributed by atoms with E-state index >= 15 is 0 Å². The number of hydrogen-bond acceptors (Lipinski definition) is 4. The lowest BCUT2D eigenvalue weighted by atomic mass is 10.3. The minimum atomic E-state index is -0.517. The lowest BCUT2D eigenvalue weighted by Crippen LogP contribution is -2.38. The highest BCUT2D eigenvalue weighted by Crippen LogP contribution is 2.01. The van der Waals surface area contributed by atoms with Gasteiger partial charge in [-0.25, -0.2) is 4.79 Å². The van der Waals surface area contributed by atoms with Crippen LogP contribution in [-0.4, -0.2) is 42.8 Å². The Balaban J connectivity index is 2.35. The fraction of sp³-hybridized carbons (Fsp3) is 0.500. The number of methoxy groups -OCH3 is 1. The van der Waals surface area contributed by atoms with Crippen molar-refractivity contribution >= 4 is 11.9 Å². The van der Waals surface area contributed by atoms with Gasteiger partial charge in [0.25, 0.3) is 5.91 Å². The summed E-state index contributed by atoms with van der Waals surface area (Å²) in [7, 11) is 3.29. The molecule has 100 valence electrons. The van der Waals surface area contributed by atoms with Crippen LogP contribution in [0.25, 0.3) is 0 Å². The zero-order chi connectivity index (χ0) is 13.5. The van der Waals surface area contributed by atoms with Gasteiger partial charge in [0, 0.05) is 26.4 Å². The van der Waals surface area contributed by atoms with Crippen molar-refractivity contribution in [2.45, 2.75) is 13.0 Å². The summed E-state index contributed by atoms with van der Waals surface area (Å²) in [5.41, 5.74) is 0.410. The highest BCUT2D eigenvalue weighted by molar-refractivity contribution is 5.89. The van der Waals surface area contributed by atoms with Crippen LogP contribution in [0.3, 0.4) is 0 Å². The second-order valence-electron chi connectivity index (χ2n) is 4.00. The molecule has 1 aromatic rings. The lowest BCUT2D eigenvalue weighted by molar-refractivity contribution is -0.125. The van der Waals surface area contributed by atoms with Crippen molar-refractivity contribution in [3.63, 3.8) is 0 Å². The smallest absolute Gasteiger partial charge is 0.355 e. The first-order valence-corrected chi connectivity index (χ1v) is 5.61. The number of esters is 1. The first-order chi connectivity index (χ1) is 8.54. The molecule has 1 rings (SSSR count). The molecule has 1 unspecified atom stereocenters. The SMILES string of the molecule is COCC(C)NC(=O)COC(=O)c1cccn1C. The van der Waals surface area contributed by atoms with Crippen LogP contribution in [0, 0.1) is 0 Å². The average Bonchev–Trinajstić information content (AvgIpc) is 2.72. The maximum atomic E-state index is 11.6. The molecule has 6 nitrogen and oxygen atoms in total. The van der Waals surface area contributed by atoms with Crippen molar-refractivity contribution in [1.29, 1.82) is 0 Å². The van der Waals surface area contributed by atoms with E-state index < -0.39 is 5.97 Å². The number of amides is 1. The Hall–Kier alpha value is -1.82. The van der Waals surface area contributed by atoms with Crippen molar-refractivity contribution in [3.05, 3.63) is 24.0 Å². The molecule has 0 bridgehead atoms. The quantitative estimate of drug-likeness (QED) is 0.743.